The summed E-state index contributed by atoms with van der Waals surface area (Å²) in [5, 5.41) is 0. The first-order valence-corrected chi connectivity index (χ1v) is 5.55. The normalized spacial score (nSPS) is 16.0. The number of rotatable bonds is 8. The second-order valence-electron chi connectivity index (χ2n) is 3.39. The predicted octanol–water partition coefficient (Wildman–Crippen LogP) is 3.17. The van der Waals surface area contributed by atoms with Crippen molar-refractivity contribution >= 4 is 0 Å². The van der Waals surface area contributed by atoms with Crippen LogP contribution in [0.4, 0.5) is 0 Å². The number of methoxy groups -OCH3 is 1. The Balaban J connectivity index is 3.72. The molecule has 0 heterocycles. The largest absolute Gasteiger partial charge is 0.379 e. The average molecular weight is 200 g/mol. The van der Waals surface area contributed by atoms with Crippen LogP contribution in [0.15, 0.2) is 12.2 Å². The SMILES string of the molecule is CC/C=C/CCC(OC)C(C)OCC. The first kappa shape index (κ1) is 13.7. The Morgan fingerprint density at radius 2 is 1.93 bits per heavy atom. The summed E-state index contributed by atoms with van der Waals surface area (Å²) in [4.78, 5) is 0. The Kier molecular flexibility index (Phi) is 9.00. The lowest BCUT2D eigenvalue weighted by molar-refractivity contribution is -0.0456. The molecule has 0 aliphatic heterocycles. The molecule has 0 spiro atoms. The zero-order valence-corrected chi connectivity index (χ0v) is 9.95. The van der Waals surface area contributed by atoms with Crippen molar-refractivity contribution in [2.75, 3.05) is 13.7 Å². The molecule has 2 unspecified atom stereocenters. The third-order valence-corrected chi connectivity index (χ3v) is 2.28. The lowest BCUT2D eigenvalue weighted by Crippen LogP contribution is -2.27. The second kappa shape index (κ2) is 9.22. The van der Waals surface area contributed by atoms with Crippen LogP contribution in [-0.4, -0.2) is 25.9 Å². The van der Waals surface area contributed by atoms with Crippen molar-refractivity contribution in [1.82, 2.24) is 0 Å². The van der Waals surface area contributed by atoms with Crippen LogP contribution in [0.5, 0.6) is 0 Å². The molecule has 2 nitrogen and oxygen atoms in total. The second-order valence-corrected chi connectivity index (χ2v) is 3.39. The predicted molar refractivity (Wildman–Crippen MR) is 60.6 cm³/mol. The van der Waals surface area contributed by atoms with Gasteiger partial charge < -0.3 is 9.47 Å². The molecule has 0 radical (unpaired) electrons. The van der Waals surface area contributed by atoms with Gasteiger partial charge in [0.05, 0.1) is 12.2 Å². The van der Waals surface area contributed by atoms with Gasteiger partial charge >= 0.3 is 0 Å². The quantitative estimate of drug-likeness (QED) is 0.560. The minimum atomic E-state index is 0.194. The zero-order valence-electron chi connectivity index (χ0n) is 9.95. The molecule has 0 rings (SSSR count). The van der Waals surface area contributed by atoms with Crippen LogP contribution >= 0.6 is 0 Å². The summed E-state index contributed by atoms with van der Waals surface area (Å²) in [5.41, 5.74) is 0. The first-order valence-electron chi connectivity index (χ1n) is 5.55. The van der Waals surface area contributed by atoms with Crippen molar-refractivity contribution in [2.45, 2.75) is 52.2 Å². The van der Waals surface area contributed by atoms with E-state index in [1.165, 1.54) is 0 Å². The smallest absolute Gasteiger partial charge is 0.0833 e. The van der Waals surface area contributed by atoms with Crippen LogP contribution < -0.4 is 0 Å². The highest BCUT2D eigenvalue weighted by Crippen LogP contribution is 2.10. The van der Waals surface area contributed by atoms with E-state index in [-0.39, 0.29) is 12.2 Å². The van der Waals surface area contributed by atoms with Crippen molar-refractivity contribution in [3.8, 4) is 0 Å². The summed E-state index contributed by atoms with van der Waals surface area (Å²) >= 11 is 0. The molecule has 0 aromatic carbocycles. The molecule has 0 amide bonds. The van der Waals surface area contributed by atoms with E-state index in [4.69, 9.17) is 9.47 Å². The lowest BCUT2D eigenvalue weighted by atomic mass is 10.1. The summed E-state index contributed by atoms with van der Waals surface area (Å²) in [6, 6.07) is 0. The summed E-state index contributed by atoms with van der Waals surface area (Å²) in [6.07, 6.45) is 8.04. The summed E-state index contributed by atoms with van der Waals surface area (Å²) in [6.45, 7) is 6.99. The highest BCUT2D eigenvalue weighted by Gasteiger charge is 2.15. The molecule has 2 heteroatoms. The Labute approximate surface area is 88.3 Å². The van der Waals surface area contributed by atoms with Gasteiger partial charge in [0.25, 0.3) is 0 Å². The molecule has 0 aromatic rings. The minimum absolute atomic E-state index is 0.194. The van der Waals surface area contributed by atoms with Gasteiger partial charge in [-0.15, -0.1) is 0 Å². The number of hydrogen-bond acceptors (Lipinski definition) is 2. The lowest BCUT2D eigenvalue weighted by Gasteiger charge is -2.21. The van der Waals surface area contributed by atoms with Gasteiger partial charge in [0.2, 0.25) is 0 Å². The maximum absolute atomic E-state index is 5.50. The Morgan fingerprint density at radius 1 is 1.21 bits per heavy atom. The van der Waals surface area contributed by atoms with Gasteiger partial charge in [-0.1, -0.05) is 19.1 Å². The molecule has 0 aliphatic carbocycles. The van der Waals surface area contributed by atoms with E-state index in [9.17, 15) is 0 Å². The molecule has 0 N–H and O–H groups in total. The van der Waals surface area contributed by atoms with E-state index >= 15 is 0 Å². The van der Waals surface area contributed by atoms with Crippen LogP contribution in [0.1, 0.15) is 40.0 Å². The molecule has 14 heavy (non-hydrogen) atoms. The monoisotopic (exact) mass is 200 g/mol. The van der Waals surface area contributed by atoms with Gasteiger partial charge in [0, 0.05) is 13.7 Å². The molecule has 0 fully saturated rings. The van der Waals surface area contributed by atoms with Crippen LogP contribution in [0, 0.1) is 0 Å². The topological polar surface area (TPSA) is 18.5 Å². The third-order valence-electron chi connectivity index (χ3n) is 2.28. The Hall–Kier alpha value is -0.340. The first-order chi connectivity index (χ1) is 6.76. The fraction of sp³-hybridized carbons (Fsp3) is 0.833. The van der Waals surface area contributed by atoms with E-state index < -0.39 is 0 Å². The van der Waals surface area contributed by atoms with Crippen molar-refractivity contribution < 1.29 is 9.47 Å². The van der Waals surface area contributed by atoms with Crippen molar-refractivity contribution in [2.24, 2.45) is 0 Å². The molecule has 2 atom stereocenters. The minimum Gasteiger partial charge on any atom is -0.379 e. The standard InChI is InChI=1S/C12H24O2/c1-5-7-8-9-10-12(13-4)11(3)14-6-2/h7-8,11-12H,5-6,9-10H2,1-4H3/b8-7+. The summed E-state index contributed by atoms with van der Waals surface area (Å²) in [7, 11) is 1.75. The molecule has 0 aliphatic rings. The van der Waals surface area contributed by atoms with Gasteiger partial charge in [-0.2, -0.15) is 0 Å². The molecular weight excluding hydrogens is 176 g/mol. The van der Waals surface area contributed by atoms with E-state index in [1.54, 1.807) is 7.11 Å². The molecule has 84 valence electrons. The van der Waals surface area contributed by atoms with Gasteiger partial charge in [-0.3, -0.25) is 0 Å². The van der Waals surface area contributed by atoms with Gasteiger partial charge in [0.1, 0.15) is 0 Å². The van der Waals surface area contributed by atoms with E-state index in [1.807, 2.05) is 6.92 Å². The van der Waals surface area contributed by atoms with E-state index in [0.29, 0.717) is 0 Å². The van der Waals surface area contributed by atoms with E-state index in [0.717, 1.165) is 25.9 Å². The fourth-order valence-electron chi connectivity index (χ4n) is 1.46. The van der Waals surface area contributed by atoms with Crippen LogP contribution in [0.3, 0.4) is 0 Å². The Bertz CT molecular complexity index is 143. The van der Waals surface area contributed by atoms with Crippen molar-refractivity contribution in [3.05, 3.63) is 12.2 Å². The fourth-order valence-corrected chi connectivity index (χ4v) is 1.46. The highest BCUT2D eigenvalue weighted by molar-refractivity contribution is 4.82. The van der Waals surface area contributed by atoms with Crippen LogP contribution in [-0.2, 0) is 9.47 Å². The van der Waals surface area contributed by atoms with Crippen molar-refractivity contribution in [3.63, 3.8) is 0 Å². The van der Waals surface area contributed by atoms with Gasteiger partial charge in [-0.05, 0) is 33.1 Å². The molecule has 0 bridgehead atoms. The van der Waals surface area contributed by atoms with Crippen LogP contribution in [0.25, 0.3) is 0 Å². The summed E-state index contributed by atoms with van der Waals surface area (Å²) < 4.78 is 10.9. The van der Waals surface area contributed by atoms with Gasteiger partial charge in [-0.25, -0.2) is 0 Å². The zero-order chi connectivity index (χ0) is 10.8. The maximum Gasteiger partial charge on any atom is 0.0833 e. The van der Waals surface area contributed by atoms with Crippen molar-refractivity contribution in [1.29, 1.82) is 0 Å². The Morgan fingerprint density at radius 3 is 2.43 bits per heavy atom. The molecule has 0 saturated heterocycles. The molecular formula is C12H24O2. The molecule has 0 saturated carbocycles. The third kappa shape index (κ3) is 6.17. The maximum atomic E-state index is 5.50. The van der Waals surface area contributed by atoms with E-state index in [2.05, 4.69) is 26.0 Å². The molecule has 0 aromatic heterocycles. The van der Waals surface area contributed by atoms with Gasteiger partial charge in [0.15, 0.2) is 0 Å². The average Bonchev–Trinajstić information content (AvgIpc) is 2.18. The summed E-state index contributed by atoms with van der Waals surface area (Å²) in [5.74, 6) is 0. The number of ether oxygens (including phenoxy) is 2. The van der Waals surface area contributed by atoms with Crippen LogP contribution in [0.2, 0.25) is 0 Å². The number of allylic oxidation sites excluding steroid dienone is 2. The highest BCUT2D eigenvalue weighted by atomic mass is 16.5. The number of hydrogen-bond donors (Lipinski definition) is 0.